The predicted octanol–water partition coefficient (Wildman–Crippen LogP) is 2.46. The molecule has 3 aromatic rings. The first-order chi connectivity index (χ1) is 12.3. The summed E-state index contributed by atoms with van der Waals surface area (Å²) in [6, 6.07) is 7.77. The van der Waals surface area contributed by atoms with Gasteiger partial charge in [0, 0.05) is 25.7 Å². The number of anilines is 1. The predicted molar refractivity (Wildman–Crippen MR) is 101 cm³/mol. The fourth-order valence-corrected chi connectivity index (χ4v) is 2.91. The van der Waals surface area contributed by atoms with Crippen molar-refractivity contribution in [1.82, 2.24) is 19.3 Å². The summed E-state index contributed by atoms with van der Waals surface area (Å²) in [6.07, 6.45) is 3.15. The lowest BCUT2D eigenvalue weighted by molar-refractivity contribution is -0.116. The summed E-state index contributed by atoms with van der Waals surface area (Å²) in [5.74, 6) is -0.139. The van der Waals surface area contributed by atoms with Crippen molar-refractivity contribution in [3.05, 3.63) is 52.7 Å². The van der Waals surface area contributed by atoms with Crippen molar-refractivity contribution in [3.63, 3.8) is 0 Å². The van der Waals surface area contributed by atoms with Crippen molar-refractivity contribution in [3.8, 4) is 0 Å². The van der Waals surface area contributed by atoms with E-state index in [9.17, 15) is 9.59 Å². The van der Waals surface area contributed by atoms with Crippen LogP contribution in [0.1, 0.15) is 32.8 Å². The highest BCUT2D eigenvalue weighted by molar-refractivity contribution is 5.91. The van der Waals surface area contributed by atoms with E-state index in [0.29, 0.717) is 11.0 Å². The number of rotatable bonds is 4. The van der Waals surface area contributed by atoms with Gasteiger partial charge < -0.3 is 5.32 Å². The molecule has 7 heteroatoms. The van der Waals surface area contributed by atoms with Gasteiger partial charge in [0.2, 0.25) is 5.91 Å². The largest absolute Gasteiger partial charge is 0.326 e. The molecular formula is C19H23N5O2. The number of carbonyl (C=O) groups is 1. The quantitative estimate of drug-likeness (QED) is 0.781. The molecule has 0 saturated heterocycles. The molecule has 1 aromatic carbocycles. The van der Waals surface area contributed by atoms with Crippen molar-refractivity contribution < 1.29 is 4.79 Å². The Bertz CT molecular complexity index is 1010. The fraction of sp³-hybridized carbons (Fsp3) is 0.368. The van der Waals surface area contributed by atoms with Crippen LogP contribution in [0.2, 0.25) is 0 Å². The average Bonchev–Trinajstić information content (AvgIpc) is 2.96. The van der Waals surface area contributed by atoms with E-state index < -0.39 is 0 Å². The van der Waals surface area contributed by atoms with Gasteiger partial charge in [-0.3, -0.25) is 18.8 Å². The van der Waals surface area contributed by atoms with E-state index in [1.807, 2.05) is 24.3 Å². The van der Waals surface area contributed by atoms with E-state index in [1.54, 1.807) is 11.7 Å². The van der Waals surface area contributed by atoms with Crippen LogP contribution in [0.15, 0.2) is 41.6 Å². The maximum atomic E-state index is 12.4. The molecule has 0 fully saturated rings. The number of aromatic nitrogens is 4. The van der Waals surface area contributed by atoms with E-state index in [1.165, 1.54) is 17.1 Å². The number of hydrogen-bond donors (Lipinski definition) is 1. The Morgan fingerprint density at radius 1 is 1.23 bits per heavy atom. The minimum atomic E-state index is -0.189. The van der Waals surface area contributed by atoms with Crippen molar-refractivity contribution in [2.24, 2.45) is 7.05 Å². The number of nitrogens with one attached hydrogen (secondary N) is 1. The minimum absolute atomic E-state index is 0.0733. The molecule has 0 aliphatic rings. The van der Waals surface area contributed by atoms with Crippen LogP contribution >= 0.6 is 0 Å². The number of benzene rings is 1. The lowest BCUT2D eigenvalue weighted by atomic mass is 9.86. The van der Waals surface area contributed by atoms with Crippen LogP contribution in [0.3, 0.4) is 0 Å². The number of nitrogens with zero attached hydrogens (tertiary/aromatic N) is 4. The highest BCUT2D eigenvalue weighted by Crippen LogP contribution is 2.29. The van der Waals surface area contributed by atoms with Crippen LogP contribution < -0.4 is 10.9 Å². The van der Waals surface area contributed by atoms with E-state index in [4.69, 9.17) is 0 Å². The van der Waals surface area contributed by atoms with Crippen molar-refractivity contribution in [2.45, 2.75) is 39.2 Å². The first-order valence-corrected chi connectivity index (χ1v) is 8.54. The molecule has 0 saturated carbocycles. The summed E-state index contributed by atoms with van der Waals surface area (Å²) in [5, 5.41) is 7.45. The molecule has 0 spiro atoms. The van der Waals surface area contributed by atoms with Gasteiger partial charge in [0.25, 0.3) is 5.56 Å². The lowest BCUT2D eigenvalue weighted by Crippen LogP contribution is -2.24. The number of hydrogen-bond acceptors (Lipinski definition) is 4. The van der Waals surface area contributed by atoms with E-state index in [-0.39, 0.29) is 29.8 Å². The Morgan fingerprint density at radius 2 is 1.96 bits per heavy atom. The van der Waals surface area contributed by atoms with E-state index >= 15 is 0 Å². The second kappa shape index (κ2) is 6.74. The normalized spacial score (nSPS) is 11.7. The number of fused-ring (bicyclic) bond motifs is 1. The van der Waals surface area contributed by atoms with Crippen LogP contribution in [0.4, 0.5) is 5.69 Å². The first-order valence-electron chi connectivity index (χ1n) is 8.54. The van der Waals surface area contributed by atoms with Crippen LogP contribution in [0.5, 0.6) is 0 Å². The van der Waals surface area contributed by atoms with Crippen LogP contribution in [0.25, 0.3) is 11.0 Å². The zero-order valence-corrected chi connectivity index (χ0v) is 15.5. The van der Waals surface area contributed by atoms with Gasteiger partial charge in [-0.25, -0.2) is 4.98 Å². The summed E-state index contributed by atoms with van der Waals surface area (Å²) < 4.78 is 3.00. The fourth-order valence-electron chi connectivity index (χ4n) is 2.91. The third-order valence-corrected chi connectivity index (χ3v) is 4.31. The number of para-hydroxylation sites is 1. The Balaban J connectivity index is 1.73. The van der Waals surface area contributed by atoms with E-state index in [0.717, 1.165) is 11.3 Å². The number of carbonyl (C=O) groups excluding carboxylic acids is 1. The molecule has 2 heterocycles. The molecule has 0 atom stereocenters. The molecule has 3 rings (SSSR count). The summed E-state index contributed by atoms with van der Waals surface area (Å²) in [7, 11) is 1.74. The third-order valence-electron chi connectivity index (χ3n) is 4.31. The zero-order valence-electron chi connectivity index (χ0n) is 15.5. The highest BCUT2D eigenvalue weighted by Gasteiger charge is 2.18. The second-order valence-corrected chi connectivity index (χ2v) is 7.34. The first kappa shape index (κ1) is 17.8. The van der Waals surface area contributed by atoms with Crippen LogP contribution in [-0.4, -0.2) is 25.2 Å². The highest BCUT2D eigenvalue weighted by atomic mass is 16.2. The van der Waals surface area contributed by atoms with Gasteiger partial charge >= 0.3 is 0 Å². The standard InChI is InChI=1S/C19H23N5O2/c1-19(2,3)14-7-5-6-8-15(14)22-16(25)9-10-24-12-20-17-13(18(24)26)11-21-23(17)4/h5-8,11-12H,9-10H2,1-4H3,(H,22,25). The molecule has 0 radical (unpaired) electrons. The zero-order chi connectivity index (χ0) is 18.9. The van der Waals surface area contributed by atoms with Gasteiger partial charge in [-0.15, -0.1) is 0 Å². The summed E-state index contributed by atoms with van der Waals surface area (Å²) in [5.41, 5.74) is 2.15. The topological polar surface area (TPSA) is 81.8 Å². The van der Waals surface area contributed by atoms with E-state index in [2.05, 4.69) is 36.2 Å². The molecule has 2 aromatic heterocycles. The summed E-state index contributed by atoms with van der Waals surface area (Å²) in [6.45, 7) is 6.57. The molecule has 0 bridgehead atoms. The Labute approximate surface area is 151 Å². The smallest absolute Gasteiger partial charge is 0.264 e. The van der Waals surface area contributed by atoms with Gasteiger partial charge in [-0.2, -0.15) is 5.10 Å². The van der Waals surface area contributed by atoms with Crippen molar-refractivity contribution >= 4 is 22.6 Å². The third kappa shape index (κ3) is 3.51. The average molecular weight is 353 g/mol. The molecule has 7 nitrogen and oxygen atoms in total. The molecule has 0 aliphatic heterocycles. The molecular weight excluding hydrogens is 330 g/mol. The Hall–Kier alpha value is -2.96. The maximum Gasteiger partial charge on any atom is 0.264 e. The van der Waals surface area contributed by atoms with Crippen molar-refractivity contribution in [1.29, 1.82) is 0 Å². The molecule has 26 heavy (non-hydrogen) atoms. The molecule has 1 amide bonds. The Morgan fingerprint density at radius 3 is 2.69 bits per heavy atom. The molecule has 1 N–H and O–H groups in total. The van der Waals surface area contributed by atoms with Gasteiger partial charge in [-0.05, 0) is 17.0 Å². The minimum Gasteiger partial charge on any atom is -0.326 e. The lowest BCUT2D eigenvalue weighted by Gasteiger charge is -2.23. The van der Waals surface area contributed by atoms with Gasteiger partial charge in [0.15, 0.2) is 5.65 Å². The van der Waals surface area contributed by atoms with Crippen LogP contribution in [-0.2, 0) is 23.8 Å². The molecule has 0 aliphatic carbocycles. The SMILES string of the molecule is Cn1ncc2c(=O)n(CCC(=O)Nc3ccccc3C(C)(C)C)cnc21. The Kier molecular flexibility index (Phi) is 4.63. The number of aryl methyl sites for hydroxylation is 2. The molecule has 136 valence electrons. The van der Waals surface area contributed by atoms with Gasteiger partial charge in [0.05, 0.1) is 12.5 Å². The molecule has 0 unspecified atom stereocenters. The summed E-state index contributed by atoms with van der Waals surface area (Å²) >= 11 is 0. The van der Waals surface area contributed by atoms with Gasteiger partial charge in [0.1, 0.15) is 5.39 Å². The van der Waals surface area contributed by atoms with Crippen LogP contribution in [0, 0.1) is 0 Å². The monoisotopic (exact) mass is 353 g/mol. The number of amides is 1. The maximum absolute atomic E-state index is 12.4. The second-order valence-electron chi connectivity index (χ2n) is 7.34. The summed E-state index contributed by atoms with van der Waals surface area (Å²) in [4.78, 5) is 29.1. The van der Waals surface area contributed by atoms with Gasteiger partial charge in [-0.1, -0.05) is 39.0 Å². The van der Waals surface area contributed by atoms with Crippen molar-refractivity contribution in [2.75, 3.05) is 5.32 Å².